The molecule has 4 nitrogen and oxygen atoms in total. The standard InChI is InChI=1S/C28H38N2O2/c1-20(2)25(29-26(31)23-11-13-24(14-12-23)28(3,4)5)27(32)30-17-15-22(16-18-30)19-21-9-7-6-8-10-21/h6-14,20,22,25H,15-19H2,1-5H3,(H,29,31). The topological polar surface area (TPSA) is 49.4 Å². The van der Waals surface area contributed by atoms with E-state index in [1.54, 1.807) is 0 Å². The van der Waals surface area contributed by atoms with Gasteiger partial charge in [-0.1, -0.05) is 77.1 Å². The van der Waals surface area contributed by atoms with E-state index in [0.29, 0.717) is 11.5 Å². The van der Waals surface area contributed by atoms with Gasteiger partial charge in [0.15, 0.2) is 0 Å². The van der Waals surface area contributed by atoms with Crippen LogP contribution in [0.2, 0.25) is 0 Å². The van der Waals surface area contributed by atoms with Gasteiger partial charge in [0.1, 0.15) is 6.04 Å². The molecule has 1 fully saturated rings. The number of benzene rings is 2. The molecule has 0 saturated carbocycles. The van der Waals surface area contributed by atoms with Crippen molar-refractivity contribution in [1.29, 1.82) is 0 Å². The summed E-state index contributed by atoms with van der Waals surface area (Å²) in [5.74, 6) is 0.492. The molecule has 0 radical (unpaired) electrons. The summed E-state index contributed by atoms with van der Waals surface area (Å²) in [7, 11) is 0. The van der Waals surface area contributed by atoms with Crippen LogP contribution in [0.25, 0.3) is 0 Å². The fourth-order valence-corrected chi connectivity index (χ4v) is 4.36. The van der Waals surface area contributed by atoms with Gasteiger partial charge in [-0.2, -0.15) is 0 Å². The maximum absolute atomic E-state index is 13.3. The molecule has 2 aromatic carbocycles. The maximum atomic E-state index is 13.3. The quantitative estimate of drug-likeness (QED) is 0.678. The van der Waals surface area contributed by atoms with Crippen molar-refractivity contribution >= 4 is 11.8 Å². The van der Waals surface area contributed by atoms with Crippen molar-refractivity contribution in [3.05, 3.63) is 71.3 Å². The SMILES string of the molecule is CC(C)C(NC(=O)c1ccc(C(C)(C)C)cc1)C(=O)N1CCC(Cc2ccccc2)CC1. The normalized spacial score (nSPS) is 16.1. The van der Waals surface area contributed by atoms with Crippen LogP contribution in [0.3, 0.4) is 0 Å². The summed E-state index contributed by atoms with van der Waals surface area (Å²) in [4.78, 5) is 28.1. The Morgan fingerprint density at radius 3 is 2.09 bits per heavy atom. The third-order valence-corrected chi connectivity index (χ3v) is 6.53. The first-order valence-corrected chi connectivity index (χ1v) is 11.9. The lowest BCUT2D eigenvalue weighted by Gasteiger charge is -2.35. The average molecular weight is 435 g/mol. The molecule has 4 heteroatoms. The summed E-state index contributed by atoms with van der Waals surface area (Å²) in [6, 6.07) is 17.8. The summed E-state index contributed by atoms with van der Waals surface area (Å²) in [5, 5.41) is 3.01. The number of carbonyl (C=O) groups is 2. The Balaban J connectivity index is 1.58. The lowest BCUT2D eigenvalue weighted by molar-refractivity contribution is -0.135. The van der Waals surface area contributed by atoms with Crippen LogP contribution in [0, 0.1) is 11.8 Å². The monoisotopic (exact) mass is 434 g/mol. The fraction of sp³-hybridized carbons (Fsp3) is 0.500. The van der Waals surface area contributed by atoms with E-state index in [4.69, 9.17) is 0 Å². The molecule has 32 heavy (non-hydrogen) atoms. The van der Waals surface area contributed by atoms with Crippen LogP contribution in [0.1, 0.15) is 68.9 Å². The molecule has 0 aromatic heterocycles. The summed E-state index contributed by atoms with van der Waals surface area (Å²) in [5.41, 5.74) is 3.18. The lowest BCUT2D eigenvalue weighted by Crippen LogP contribution is -2.53. The summed E-state index contributed by atoms with van der Waals surface area (Å²) < 4.78 is 0. The predicted octanol–water partition coefficient (Wildman–Crippen LogP) is 5.22. The molecule has 172 valence electrons. The number of nitrogens with zero attached hydrogens (tertiary/aromatic N) is 1. The molecular weight excluding hydrogens is 396 g/mol. The van der Waals surface area contributed by atoms with Gasteiger partial charge < -0.3 is 10.2 Å². The molecule has 1 aliphatic heterocycles. The predicted molar refractivity (Wildman–Crippen MR) is 131 cm³/mol. The zero-order chi connectivity index (χ0) is 23.3. The second-order valence-electron chi connectivity index (χ2n) is 10.5. The average Bonchev–Trinajstić information content (AvgIpc) is 2.77. The van der Waals surface area contributed by atoms with Gasteiger partial charge in [0.2, 0.25) is 5.91 Å². The van der Waals surface area contributed by atoms with E-state index in [1.165, 1.54) is 11.1 Å². The highest BCUT2D eigenvalue weighted by Gasteiger charge is 2.31. The molecule has 1 saturated heterocycles. The van der Waals surface area contributed by atoms with Gasteiger partial charge >= 0.3 is 0 Å². The second-order valence-corrected chi connectivity index (χ2v) is 10.5. The molecule has 0 aliphatic carbocycles. The smallest absolute Gasteiger partial charge is 0.251 e. The Morgan fingerprint density at radius 2 is 1.56 bits per heavy atom. The molecule has 1 aliphatic rings. The van der Waals surface area contributed by atoms with Crippen LogP contribution in [0.15, 0.2) is 54.6 Å². The van der Waals surface area contributed by atoms with Gasteiger partial charge in [-0.3, -0.25) is 9.59 Å². The van der Waals surface area contributed by atoms with Crippen LogP contribution < -0.4 is 5.32 Å². The molecular formula is C28H38N2O2. The van der Waals surface area contributed by atoms with Crippen LogP contribution in [0.4, 0.5) is 0 Å². The molecule has 0 bridgehead atoms. The Labute approximate surface area is 193 Å². The number of carbonyl (C=O) groups excluding carboxylic acids is 2. The zero-order valence-corrected chi connectivity index (χ0v) is 20.2. The highest BCUT2D eigenvalue weighted by Crippen LogP contribution is 2.24. The van der Waals surface area contributed by atoms with Crippen molar-refractivity contribution < 1.29 is 9.59 Å². The van der Waals surface area contributed by atoms with Crippen molar-refractivity contribution in [3.8, 4) is 0 Å². The summed E-state index contributed by atoms with van der Waals surface area (Å²) >= 11 is 0. The van der Waals surface area contributed by atoms with E-state index in [-0.39, 0.29) is 23.1 Å². The number of hydrogen-bond acceptors (Lipinski definition) is 2. The van der Waals surface area contributed by atoms with Gasteiger partial charge in [0, 0.05) is 18.7 Å². The minimum absolute atomic E-state index is 0.0299. The number of piperidine rings is 1. The highest BCUT2D eigenvalue weighted by atomic mass is 16.2. The van der Waals surface area contributed by atoms with Crippen molar-refractivity contribution in [3.63, 3.8) is 0 Å². The van der Waals surface area contributed by atoms with E-state index in [0.717, 1.165) is 32.4 Å². The third-order valence-electron chi connectivity index (χ3n) is 6.53. The van der Waals surface area contributed by atoms with Crippen LogP contribution in [0.5, 0.6) is 0 Å². The van der Waals surface area contributed by atoms with Gasteiger partial charge in [0.25, 0.3) is 5.91 Å². The van der Waals surface area contributed by atoms with Crippen molar-refractivity contribution in [2.45, 2.75) is 65.3 Å². The number of nitrogens with one attached hydrogen (secondary N) is 1. The van der Waals surface area contributed by atoms with E-state index in [1.807, 2.05) is 49.1 Å². The van der Waals surface area contributed by atoms with Gasteiger partial charge in [0.05, 0.1) is 0 Å². The molecule has 1 atom stereocenters. The minimum atomic E-state index is -0.504. The number of hydrogen-bond donors (Lipinski definition) is 1. The Bertz CT molecular complexity index is 889. The first kappa shape index (κ1) is 24.0. The van der Waals surface area contributed by atoms with Crippen molar-refractivity contribution in [1.82, 2.24) is 10.2 Å². The lowest BCUT2D eigenvalue weighted by atomic mass is 9.86. The second kappa shape index (κ2) is 10.3. The van der Waals surface area contributed by atoms with Crippen LogP contribution in [-0.4, -0.2) is 35.8 Å². The summed E-state index contributed by atoms with van der Waals surface area (Å²) in [6.45, 7) is 12.0. The van der Waals surface area contributed by atoms with Gasteiger partial charge in [-0.25, -0.2) is 0 Å². The molecule has 3 rings (SSSR count). The maximum Gasteiger partial charge on any atom is 0.251 e. The van der Waals surface area contributed by atoms with Crippen molar-refractivity contribution in [2.24, 2.45) is 11.8 Å². The van der Waals surface area contributed by atoms with Gasteiger partial charge in [-0.05, 0) is 59.8 Å². The van der Waals surface area contributed by atoms with Gasteiger partial charge in [-0.15, -0.1) is 0 Å². The molecule has 1 heterocycles. The van der Waals surface area contributed by atoms with Crippen molar-refractivity contribution in [2.75, 3.05) is 13.1 Å². The minimum Gasteiger partial charge on any atom is -0.341 e. The Kier molecular flexibility index (Phi) is 7.76. The van der Waals surface area contributed by atoms with E-state index in [9.17, 15) is 9.59 Å². The molecule has 0 spiro atoms. The number of rotatable bonds is 6. The Morgan fingerprint density at radius 1 is 0.969 bits per heavy atom. The summed E-state index contributed by atoms with van der Waals surface area (Å²) in [6.07, 6.45) is 3.08. The molecule has 2 aromatic rings. The van der Waals surface area contributed by atoms with Crippen LogP contribution >= 0.6 is 0 Å². The first-order valence-electron chi connectivity index (χ1n) is 11.9. The number of likely N-dealkylation sites (tertiary alicyclic amines) is 1. The number of amides is 2. The fourth-order valence-electron chi connectivity index (χ4n) is 4.36. The Hall–Kier alpha value is -2.62. The zero-order valence-electron chi connectivity index (χ0n) is 20.2. The molecule has 1 unspecified atom stereocenters. The van der Waals surface area contributed by atoms with Crippen LogP contribution in [-0.2, 0) is 16.6 Å². The first-order chi connectivity index (χ1) is 15.1. The largest absolute Gasteiger partial charge is 0.341 e. The highest BCUT2D eigenvalue weighted by molar-refractivity contribution is 5.97. The third kappa shape index (κ3) is 6.21. The van der Waals surface area contributed by atoms with E-state index in [2.05, 4.69) is 50.4 Å². The molecule has 2 amide bonds. The van der Waals surface area contributed by atoms with E-state index < -0.39 is 6.04 Å². The molecule has 1 N–H and O–H groups in total. The van der Waals surface area contributed by atoms with E-state index >= 15 is 0 Å².